The van der Waals surface area contributed by atoms with Crippen molar-refractivity contribution in [3.05, 3.63) is 59.4 Å². The summed E-state index contributed by atoms with van der Waals surface area (Å²) < 4.78 is 37.7. The molecule has 184 valence electrons. The summed E-state index contributed by atoms with van der Waals surface area (Å²) in [5.74, 6) is -0.758. The van der Waals surface area contributed by atoms with Crippen molar-refractivity contribution >= 4 is 21.6 Å². The quantitative estimate of drug-likeness (QED) is 0.576. The number of benzene rings is 2. The molecule has 3 N–H and O–H groups in total. The Kier molecular flexibility index (Phi) is 7.70. The lowest BCUT2D eigenvalue weighted by atomic mass is 9.85. The fraction of sp³-hybridized carbons (Fsp3) is 0.500. The van der Waals surface area contributed by atoms with Crippen LogP contribution in [0.1, 0.15) is 68.9 Å². The SMILES string of the molecule is C[C@@H](CC1CCCCC1)NCc1ccccc1N1CCC(c2ccc(S(N)(=O)=O)cc2F)C1=O. The molecular weight excluding hydrogens is 453 g/mol. The molecule has 34 heavy (non-hydrogen) atoms. The largest absolute Gasteiger partial charge is 0.312 e. The summed E-state index contributed by atoms with van der Waals surface area (Å²) in [6.07, 6.45) is 8.30. The van der Waals surface area contributed by atoms with Crippen molar-refractivity contribution in [2.24, 2.45) is 11.1 Å². The fourth-order valence-electron chi connectivity index (χ4n) is 5.39. The number of anilines is 1. The lowest BCUT2D eigenvalue weighted by Crippen LogP contribution is -2.31. The average Bonchev–Trinajstić information content (AvgIpc) is 3.18. The van der Waals surface area contributed by atoms with E-state index in [1.807, 2.05) is 24.3 Å². The molecule has 1 saturated carbocycles. The third kappa shape index (κ3) is 5.67. The van der Waals surface area contributed by atoms with E-state index < -0.39 is 21.8 Å². The molecule has 6 nitrogen and oxygen atoms in total. The van der Waals surface area contributed by atoms with E-state index >= 15 is 0 Å². The van der Waals surface area contributed by atoms with Crippen LogP contribution in [0, 0.1) is 11.7 Å². The molecule has 2 aromatic carbocycles. The maximum absolute atomic E-state index is 14.7. The highest BCUT2D eigenvalue weighted by atomic mass is 32.2. The maximum Gasteiger partial charge on any atom is 0.238 e. The summed E-state index contributed by atoms with van der Waals surface area (Å²) in [5, 5.41) is 8.73. The van der Waals surface area contributed by atoms with Gasteiger partial charge in [0.25, 0.3) is 0 Å². The number of hydrogen-bond acceptors (Lipinski definition) is 4. The van der Waals surface area contributed by atoms with Crippen molar-refractivity contribution < 1.29 is 17.6 Å². The van der Waals surface area contributed by atoms with Gasteiger partial charge in [0.15, 0.2) is 0 Å². The Hall–Kier alpha value is -2.29. The number of primary sulfonamides is 1. The zero-order valence-corrected chi connectivity index (χ0v) is 20.5. The Bertz CT molecular complexity index is 1130. The molecule has 0 radical (unpaired) electrons. The van der Waals surface area contributed by atoms with Crippen LogP contribution >= 0.6 is 0 Å². The lowest BCUT2D eigenvalue weighted by molar-refractivity contribution is -0.118. The Morgan fingerprint density at radius 1 is 1.12 bits per heavy atom. The summed E-state index contributed by atoms with van der Waals surface area (Å²) in [6.45, 7) is 3.37. The van der Waals surface area contributed by atoms with Gasteiger partial charge in [-0.05, 0) is 49.4 Å². The van der Waals surface area contributed by atoms with Gasteiger partial charge in [0.2, 0.25) is 15.9 Å². The molecule has 0 aromatic heterocycles. The average molecular weight is 488 g/mol. The van der Waals surface area contributed by atoms with Crippen molar-refractivity contribution in [3.8, 4) is 0 Å². The highest BCUT2D eigenvalue weighted by Gasteiger charge is 2.36. The minimum absolute atomic E-state index is 0.176. The molecule has 4 rings (SSSR count). The second-order valence-corrected chi connectivity index (χ2v) is 11.3. The molecule has 1 heterocycles. The van der Waals surface area contributed by atoms with Crippen LogP contribution in [-0.2, 0) is 21.4 Å². The molecule has 8 heteroatoms. The predicted molar refractivity (Wildman–Crippen MR) is 131 cm³/mol. The number of carbonyl (C=O) groups is 1. The molecule has 1 aliphatic carbocycles. The van der Waals surface area contributed by atoms with Gasteiger partial charge in [0, 0.05) is 30.4 Å². The summed E-state index contributed by atoms with van der Waals surface area (Å²) >= 11 is 0. The van der Waals surface area contributed by atoms with Crippen LogP contribution in [0.3, 0.4) is 0 Å². The monoisotopic (exact) mass is 487 g/mol. The maximum atomic E-state index is 14.7. The minimum atomic E-state index is -4.00. The molecule has 1 saturated heterocycles. The van der Waals surface area contributed by atoms with Crippen LogP contribution in [0.4, 0.5) is 10.1 Å². The van der Waals surface area contributed by atoms with E-state index in [2.05, 4.69) is 12.2 Å². The zero-order chi connectivity index (χ0) is 24.3. The fourth-order valence-corrected chi connectivity index (χ4v) is 5.91. The molecule has 2 aliphatic rings. The number of amides is 1. The van der Waals surface area contributed by atoms with Crippen molar-refractivity contribution in [1.29, 1.82) is 0 Å². The van der Waals surface area contributed by atoms with Gasteiger partial charge in [-0.1, -0.05) is 56.4 Å². The highest BCUT2D eigenvalue weighted by Crippen LogP contribution is 2.35. The van der Waals surface area contributed by atoms with Gasteiger partial charge in [-0.15, -0.1) is 0 Å². The van der Waals surface area contributed by atoms with E-state index in [0.29, 0.717) is 25.6 Å². The number of rotatable bonds is 8. The van der Waals surface area contributed by atoms with Gasteiger partial charge in [-0.2, -0.15) is 0 Å². The topological polar surface area (TPSA) is 92.5 Å². The van der Waals surface area contributed by atoms with E-state index in [0.717, 1.165) is 23.2 Å². The lowest BCUT2D eigenvalue weighted by Gasteiger charge is -2.26. The van der Waals surface area contributed by atoms with Crippen LogP contribution in [0.2, 0.25) is 0 Å². The van der Waals surface area contributed by atoms with E-state index in [4.69, 9.17) is 5.14 Å². The summed E-state index contributed by atoms with van der Waals surface area (Å²) in [5.41, 5.74) is 2.09. The number of sulfonamides is 1. The minimum Gasteiger partial charge on any atom is -0.312 e. The third-order valence-electron chi connectivity index (χ3n) is 7.22. The van der Waals surface area contributed by atoms with Crippen LogP contribution in [0.5, 0.6) is 0 Å². The van der Waals surface area contributed by atoms with E-state index in [1.54, 1.807) is 4.90 Å². The second-order valence-electron chi connectivity index (χ2n) is 9.71. The van der Waals surface area contributed by atoms with Crippen LogP contribution in [0.25, 0.3) is 0 Å². The van der Waals surface area contributed by atoms with E-state index in [-0.39, 0.29) is 16.4 Å². The molecule has 2 aromatic rings. The van der Waals surface area contributed by atoms with Crippen molar-refractivity contribution in [1.82, 2.24) is 5.32 Å². The summed E-state index contributed by atoms with van der Waals surface area (Å²) in [7, 11) is -4.00. The number of nitrogens with zero attached hydrogens (tertiary/aromatic N) is 1. The van der Waals surface area contributed by atoms with Gasteiger partial charge in [-0.25, -0.2) is 17.9 Å². The van der Waals surface area contributed by atoms with Crippen LogP contribution in [0.15, 0.2) is 47.4 Å². The van der Waals surface area contributed by atoms with Gasteiger partial charge in [0.1, 0.15) is 5.82 Å². The zero-order valence-electron chi connectivity index (χ0n) is 19.7. The van der Waals surface area contributed by atoms with Crippen molar-refractivity contribution in [2.75, 3.05) is 11.4 Å². The number of carbonyl (C=O) groups excluding carboxylic acids is 1. The summed E-state index contributed by atoms with van der Waals surface area (Å²) in [4.78, 5) is 14.7. The standard InChI is InChI=1S/C26H34FN3O3S/c1-18(15-19-7-3-2-4-8-19)29-17-20-9-5-6-10-25(20)30-14-13-23(26(30)31)22-12-11-21(16-24(22)27)34(28,32)33/h5-6,9-12,16,18-19,23,29H,2-4,7-8,13-15,17H2,1H3,(H2,28,32,33)/t18-,23?/m0/s1. The first-order valence-corrected chi connectivity index (χ1v) is 13.7. The Morgan fingerprint density at radius 2 is 1.85 bits per heavy atom. The number of halogens is 1. The Labute approximate surface area is 201 Å². The number of nitrogens with two attached hydrogens (primary N) is 1. The Morgan fingerprint density at radius 3 is 2.56 bits per heavy atom. The van der Waals surface area contributed by atoms with E-state index in [9.17, 15) is 17.6 Å². The van der Waals surface area contributed by atoms with Crippen LogP contribution < -0.4 is 15.4 Å². The first kappa shape index (κ1) is 24.8. The normalized spacial score (nSPS) is 20.6. The molecule has 0 bridgehead atoms. The van der Waals surface area contributed by atoms with Gasteiger partial charge >= 0.3 is 0 Å². The number of hydrogen-bond donors (Lipinski definition) is 2. The first-order valence-electron chi connectivity index (χ1n) is 12.2. The van der Waals surface area contributed by atoms with Gasteiger partial charge < -0.3 is 10.2 Å². The highest BCUT2D eigenvalue weighted by molar-refractivity contribution is 7.89. The molecule has 1 unspecified atom stereocenters. The molecule has 2 atom stereocenters. The molecule has 1 amide bonds. The predicted octanol–water partition coefficient (Wildman–Crippen LogP) is 4.44. The first-order chi connectivity index (χ1) is 16.2. The van der Waals surface area contributed by atoms with Gasteiger partial charge in [-0.3, -0.25) is 4.79 Å². The molecular formula is C26H34FN3O3S. The molecule has 1 aliphatic heterocycles. The second kappa shape index (κ2) is 10.5. The Balaban J connectivity index is 1.45. The number of para-hydroxylation sites is 1. The smallest absolute Gasteiger partial charge is 0.238 e. The van der Waals surface area contributed by atoms with Crippen molar-refractivity contribution in [2.45, 2.75) is 75.3 Å². The van der Waals surface area contributed by atoms with Gasteiger partial charge in [0.05, 0.1) is 10.8 Å². The van der Waals surface area contributed by atoms with Crippen LogP contribution in [-0.4, -0.2) is 26.9 Å². The number of nitrogens with one attached hydrogen (secondary N) is 1. The van der Waals surface area contributed by atoms with Crippen molar-refractivity contribution in [3.63, 3.8) is 0 Å². The molecule has 2 fully saturated rings. The third-order valence-corrected chi connectivity index (χ3v) is 8.13. The van der Waals surface area contributed by atoms with E-state index in [1.165, 1.54) is 50.7 Å². The summed E-state index contributed by atoms with van der Waals surface area (Å²) in [6, 6.07) is 11.7. The molecule has 0 spiro atoms.